The first kappa shape index (κ1) is 25.1. The van der Waals surface area contributed by atoms with E-state index in [1.54, 1.807) is 18.2 Å². The van der Waals surface area contributed by atoms with E-state index in [0.717, 1.165) is 43.3 Å². The Hall–Kier alpha value is -2.53. The molecule has 0 fully saturated rings. The maximum Gasteiger partial charge on any atom is 0.186 e. The lowest BCUT2D eigenvalue weighted by Crippen LogP contribution is -2.18. The minimum Gasteiger partial charge on any atom is -0.507 e. The first-order valence-corrected chi connectivity index (χ1v) is 13.5. The summed E-state index contributed by atoms with van der Waals surface area (Å²) in [6, 6.07) is 10.6. The molecule has 2 aromatic rings. The highest BCUT2D eigenvalue weighted by Gasteiger charge is 2.34. The molecular formula is C28H36O4S. The molecule has 0 aliphatic heterocycles. The fraction of sp³-hybridized carbons (Fsp3) is 0.429. The molecule has 2 atom stereocenters. The third kappa shape index (κ3) is 5.70. The first-order valence-electron chi connectivity index (χ1n) is 11.8. The Labute approximate surface area is 198 Å². The average Bonchev–Trinajstić information content (AvgIpc) is 2.73. The third-order valence-corrected chi connectivity index (χ3v) is 8.41. The predicted octanol–water partition coefficient (Wildman–Crippen LogP) is 6.82. The van der Waals surface area contributed by atoms with Crippen molar-refractivity contribution in [1.29, 1.82) is 0 Å². The van der Waals surface area contributed by atoms with Crippen molar-refractivity contribution in [2.45, 2.75) is 75.9 Å². The zero-order valence-corrected chi connectivity index (χ0v) is 20.8. The van der Waals surface area contributed by atoms with Crippen molar-refractivity contribution in [2.24, 2.45) is 5.92 Å². The highest BCUT2D eigenvalue weighted by Crippen LogP contribution is 2.49. The molecule has 0 aromatic heterocycles. The number of rotatable bonds is 9. The van der Waals surface area contributed by atoms with Crippen LogP contribution in [0.4, 0.5) is 0 Å². The number of unbranched alkanes of at least 4 members (excludes halogenated alkanes) is 2. The van der Waals surface area contributed by atoms with Gasteiger partial charge in [0.1, 0.15) is 16.4 Å². The van der Waals surface area contributed by atoms with E-state index >= 15 is 0 Å². The van der Waals surface area contributed by atoms with Crippen LogP contribution in [0.3, 0.4) is 0 Å². The molecule has 2 aromatic carbocycles. The van der Waals surface area contributed by atoms with E-state index in [1.807, 2.05) is 38.1 Å². The Bertz CT molecular complexity index is 1130. The van der Waals surface area contributed by atoms with E-state index in [4.69, 9.17) is 0 Å². The van der Waals surface area contributed by atoms with Gasteiger partial charge in [0.15, 0.2) is 9.84 Å². The van der Waals surface area contributed by atoms with Crippen LogP contribution in [0.25, 0.3) is 0 Å². The van der Waals surface area contributed by atoms with Crippen molar-refractivity contribution in [3.63, 3.8) is 0 Å². The Kier molecular flexibility index (Phi) is 8.06. The van der Waals surface area contributed by atoms with Crippen LogP contribution in [0, 0.1) is 5.92 Å². The van der Waals surface area contributed by atoms with E-state index in [1.165, 1.54) is 0 Å². The molecule has 0 spiro atoms. The van der Waals surface area contributed by atoms with Gasteiger partial charge in [0.2, 0.25) is 0 Å². The fourth-order valence-corrected chi connectivity index (χ4v) is 6.64. The first-order chi connectivity index (χ1) is 15.7. The molecule has 0 saturated heterocycles. The van der Waals surface area contributed by atoms with Crippen LogP contribution in [-0.2, 0) is 22.0 Å². The summed E-state index contributed by atoms with van der Waals surface area (Å²) >= 11 is 0. The average molecular weight is 469 g/mol. The number of benzene rings is 2. The summed E-state index contributed by atoms with van der Waals surface area (Å²) in [6.45, 7) is 10.2. The van der Waals surface area contributed by atoms with Gasteiger partial charge in [-0.3, -0.25) is 0 Å². The topological polar surface area (TPSA) is 74.6 Å². The van der Waals surface area contributed by atoms with Crippen LogP contribution in [0.2, 0.25) is 0 Å². The quantitative estimate of drug-likeness (QED) is 0.313. The standard InChI is InChI=1S/C28H36O4S/c1-5-6-8-13-22-17-25(29)26(24-16-20(4)14-15-23(24)19(2)3)27(30)28(22)33(31,32)18-21-11-9-7-10-12-21/h7,9-12,16-17,23-24,29-30H,2,5-6,8,13-15,18H2,1,3-4H3. The largest absolute Gasteiger partial charge is 0.507 e. The van der Waals surface area contributed by atoms with Crippen LogP contribution in [0.5, 0.6) is 11.5 Å². The smallest absolute Gasteiger partial charge is 0.186 e. The normalized spacial score (nSPS) is 18.7. The molecule has 33 heavy (non-hydrogen) atoms. The highest BCUT2D eigenvalue weighted by atomic mass is 32.2. The monoisotopic (exact) mass is 468 g/mol. The van der Waals surface area contributed by atoms with Crippen molar-refractivity contribution >= 4 is 9.84 Å². The molecule has 0 radical (unpaired) electrons. The van der Waals surface area contributed by atoms with Gasteiger partial charge >= 0.3 is 0 Å². The maximum absolute atomic E-state index is 13.6. The molecule has 1 aliphatic carbocycles. The lowest BCUT2D eigenvalue weighted by atomic mass is 9.73. The molecule has 3 rings (SSSR count). The summed E-state index contributed by atoms with van der Waals surface area (Å²) < 4.78 is 27.3. The second kappa shape index (κ2) is 10.6. The van der Waals surface area contributed by atoms with Gasteiger partial charge in [0.05, 0.1) is 5.75 Å². The van der Waals surface area contributed by atoms with E-state index in [2.05, 4.69) is 13.5 Å². The number of phenols is 2. The molecule has 2 N–H and O–H groups in total. The number of allylic oxidation sites excluding steroid dienone is 3. The summed E-state index contributed by atoms with van der Waals surface area (Å²) in [4.78, 5) is -0.0349. The number of sulfone groups is 1. The number of hydrogen-bond acceptors (Lipinski definition) is 4. The molecule has 0 heterocycles. The maximum atomic E-state index is 13.6. The fourth-order valence-electron chi connectivity index (χ4n) is 4.90. The lowest BCUT2D eigenvalue weighted by molar-refractivity contribution is 0.397. The Morgan fingerprint density at radius 2 is 1.85 bits per heavy atom. The Morgan fingerprint density at radius 1 is 1.15 bits per heavy atom. The second-order valence-electron chi connectivity index (χ2n) is 9.38. The van der Waals surface area contributed by atoms with Gasteiger partial charge in [-0.05, 0) is 62.6 Å². The summed E-state index contributed by atoms with van der Waals surface area (Å²) in [5.74, 6) is -0.831. The molecule has 0 amide bonds. The van der Waals surface area contributed by atoms with E-state index in [-0.39, 0.29) is 34.0 Å². The van der Waals surface area contributed by atoms with Crippen LogP contribution < -0.4 is 0 Å². The van der Waals surface area contributed by atoms with Crippen molar-refractivity contribution in [3.8, 4) is 11.5 Å². The van der Waals surface area contributed by atoms with Crippen molar-refractivity contribution in [2.75, 3.05) is 0 Å². The van der Waals surface area contributed by atoms with Gasteiger partial charge in [-0.15, -0.1) is 0 Å². The predicted molar refractivity (Wildman–Crippen MR) is 134 cm³/mol. The zero-order valence-electron chi connectivity index (χ0n) is 20.0. The van der Waals surface area contributed by atoms with Gasteiger partial charge in [0, 0.05) is 11.5 Å². The molecule has 1 aliphatic rings. The van der Waals surface area contributed by atoms with E-state index < -0.39 is 9.84 Å². The third-order valence-electron chi connectivity index (χ3n) is 6.62. The Morgan fingerprint density at radius 3 is 2.48 bits per heavy atom. The van der Waals surface area contributed by atoms with Gasteiger partial charge in [-0.1, -0.05) is 73.9 Å². The van der Waals surface area contributed by atoms with Crippen LogP contribution in [-0.4, -0.2) is 18.6 Å². The van der Waals surface area contributed by atoms with E-state index in [0.29, 0.717) is 23.1 Å². The molecule has 0 saturated carbocycles. The SMILES string of the molecule is C=C(C)C1CCC(C)=CC1c1c(O)cc(CCCCC)c(S(=O)(=O)Cc2ccccc2)c1O. The molecular weight excluding hydrogens is 432 g/mol. The number of aryl methyl sites for hydroxylation is 1. The summed E-state index contributed by atoms with van der Waals surface area (Å²) in [5.41, 5.74) is 3.58. The molecule has 0 bridgehead atoms. The summed E-state index contributed by atoms with van der Waals surface area (Å²) in [6.07, 6.45) is 7.04. The minimum atomic E-state index is -3.85. The van der Waals surface area contributed by atoms with Crippen molar-refractivity contribution in [3.05, 3.63) is 76.9 Å². The number of aromatic hydroxyl groups is 2. The van der Waals surface area contributed by atoms with Gasteiger partial charge in [-0.25, -0.2) is 8.42 Å². The highest BCUT2D eigenvalue weighted by molar-refractivity contribution is 7.90. The number of hydrogen-bond donors (Lipinski definition) is 2. The van der Waals surface area contributed by atoms with Crippen LogP contribution >= 0.6 is 0 Å². The summed E-state index contributed by atoms with van der Waals surface area (Å²) in [5, 5.41) is 22.5. The summed E-state index contributed by atoms with van der Waals surface area (Å²) in [7, 11) is -3.85. The van der Waals surface area contributed by atoms with Crippen LogP contribution in [0.15, 0.2) is 65.1 Å². The molecule has 2 unspecified atom stereocenters. The van der Waals surface area contributed by atoms with Crippen LogP contribution in [0.1, 0.15) is 75.5 Å². The molecule has 178 valence electrons. The van der Waals surface area contributed by atoms with Crippen molar-refractivity contribution < 1.29 is 18.6 Å². The van der Waals surface area contributed by atoms with Crippen molar-refractivity contribution in [1.82, 2.24) is 0 Å². The van der Waals surface area contributed by atoms with Gasteiger partial charge in [-0.2, -0.15) is 0 Å². The second-order valence-corrected chi connectivity index (χ2v) is 11.3. The van der Waals surface area contributed by atoms with Gasteiger partial charge < -0.3 is 10.2 Å². The lowest BCUT2D eigenvalue weighted by Gasteiger charge is -2.32. The van der Waals surface area contributed by atoms with E-state index in [9.17, 15) is 18.6 Å². The minimum absolute atomic E-state index is 0.0288. The van der Waals surface area contributed by atoms with Gasteiger partial charge in [0.25, 0.3) is 0 Å². The Balaban J connectivity index is 2.19. The zero-order chi connectivity index (χ0) is 24.2. The number of phenolic OH excluding ortho intramolecular Hbond substituents is 2. The molecule has 4 nitrogen and oxygen atoms in total. The molecule has 5 heteroatoms.